The average Bonchev–Trinajstić information content (AvgIpc) is 2.35. The summed E-state index contributed by atoms with van der Waals surface area (Å²) in [5.74, 6) is 1.73. The standard InChI is InChI=1S/C10H21N/c1-8(2)7-9(3)10-5-4-6-11-10/h8-11H,4-7H2,1-3H3/t9-,10-/m0/s1. The zero-order chi connectivity index (χ0) is 8.27. The van der Waals surface area contributed by atoms with Gasteiger partial charge in [-0.15, -0.1) is 0 Å². The predicted molar refractivity (Wildman–Crippen MR) is 49.6 cm³/mol. The maximum absolute atomic E-state index is 3.56. The van der Waals surface area contributed by atoms with Gasteiger partial charge in [0.05, 0.1) is 0 Å². The Morgan fingerprint density at radius 1 is 1.36 bits per heavy atom. The molecule has 1 heterocycles. The molecule has 1 aliphatic rings. The van der Waals surface area contributed by atoms with Crippen molar-refractivity contribution in [1.82, 2.24) is 5.32 Å². The van der Waals surface area contributed by atoms with E-state index in [9.17, 15) is 0 Å². The molecule has 0 bridgehead atoms. The molecule has 11 heavy (non-hydrogen) atoms. The van der Waals surface area contributed by atoms with Crippen LogP contribution in [0.1, 0.15) is 40.0 Å². The molecule has 0 aromatic carbocycles. The first-order valence-electron chi connectivity index (χ1n) is 4.93. The highest BCUT2D eigenvalue weighted by Crippen LogP contribution is 2.20. The Bertz CT molecular complexity index is 103. The molecule has 0 saturated carbocycles. The smallest absolute Gasteiger partial charge is 0.00932 e. The summed E-state index contributed by atoms with van der Waals surface area (Å²) in [6.07, 6.45) is 4.15. The molecule has 1 N–H and O–H groups in total. The second kappa shape index (κ2) is 4.10. The number of hydrogen-bond donors (Lipinski definition) is 1. The van der Waals surface area contributed by atoms with Crippen LogP contribution in [0.5, 0.6) is 0 Å². The molecule has 66 valence electrons. The van der Waals surface area contributed by atoms with Gasteiger partial charge in [-0.1, -0.05) is 20.8 Å². The normalized spacial score (nSPS) is 27.8. The third-order valence-electron chi connectivity index (χ3n) is 2.63. The lowest BCUT2D eigenvalue weighted by molar-refractivity contribution is 0.350. The van der Waals surface area contributed by atoms with Crippen LogP contribution in [0.2, 0.25) is 0 Å². The van der Waals surface area contributed by atoms with Crippen LogP contribution < -0.4 is 5.32 Å². The van der Waals surface area contributed by atoms with Gasteiger partial charge in [0.25, 0.3) is 0 Å². The molecule has 1 saturated heterocycles. The summed E-state index contributed by atoms with van der Waals surface area (Å²) >= 11 is 0. The van der Waals surface area contributed by atoms with Crippen LogP contribution in [0.4, 0.5) is 0 Å². The number of nitrogens with one attached hydrogen (secondary N) is 1. The van der Waals surface area contributed by atoms with E-state index in [1.807, 2.05) is 0 Å². The molecule has 0 unspecified atom stereocenters. The lowest BCUT2D eigenvalue weighted by Crippen LogP contribution is -2.29. The quantitative estimate of drug-likeness (QED) is 0.660. The van der Waals surface area contributed by atoms with Crippen molar-refractivity contribution in [2.75, 3.05) is 6.54 Å². The minimum absolute atomic E-state index is 0.817. The summed E-state index contributed by atoms with van der Waals surface area (Å²) in [5.41, 5.74) is 0. The van der Waals surface area contributed by atoms with Crippen molar-refractivity contribution >= 4 is 0 Å². The van der Waals surface area contributed by atoms with E-state index in [-0.39, 0.29) is 0 Å². The highest BCUT2D eigenvalue weighted by atomic mass is 14.9. The lowest BCUT2D eigenvalue weighted by Gasteiger charge is -2.20. The van der Waals surface area contributed by atoms with Gasteiger partial charge in [-0.3, -0.25) is 0 Å². The monoisotopic (exact) mass is 155 g/mol. The maximum atomic E-state index is 3.56. The van der Waals surface area contributed by atoms with E-state index in [1.165, 1.54) is 25.8 Å². The molecule has 0 aromatic heterocycles. The maximum Gasteiger partial charge on any atom is 0.00932 e. The zero-order valence-electron chi connectivity index (χ0n) is 8.06. The van der Waals surface area contributed by atoms with Gasteiger partial charge >= 0.3 is 0 Å². The van der Waals surface area contributed by atoms with E-state index in [0.29, 0.717) is 0 Å². The van der Waals surface area contributed by atoms with Crippen LogP contribution in [-0.2, 0) is 0 Å². The van der Waals surface area contributed by atoms with Gasteiger partial charge in [0.1, 0.15) is 0 Å². The third-order valence-corrected chi connectivity index (χ3v) is 2.63. The van der Waals surface area contributed by atoms with Gasteiger partial charge in [-0.25, -0.2) is 0 Å². The molecule has 1 nitrogen and oxygen atoms in total. The van der Waals surface area contributed by atoms with Gasteiger partial charge in [-0.05, 0) is 37.6 Å². The van der Waals surface area contributed by atoms with Crippen LogP contribution in [0, 0.1) is 11.8 Å². The molecule has 0 aromatic rings. The summed E-state index contributed by atoms with van der Waals surface area (Å²) < 4.78 is 0. The van der Waals surface area contributed by atoms with Crippen molar-refractivity contribution in [2.24, 2.45) is 11.8 Å². The summed E-state index contributed by atoms with van der Waals surface area (Å²) in [7, 11) is 0. The molecule has 1 fully saturated rings. The fourth-order valence-electron chi connectivity index (χ4n) is 2.11. The minimum Gasteiger partial charge on any atom is -0.314 e. The molecular formula is C10H21N. The van der Waals surface area contributed by atoms with Crippen molar-refractivity contribution in [3.05, 3.63) is 0 Å². The van der Waals surface area contributed by atoms with E-state index in [0.717, 1.165) is 17.9 Å². The first-order valence-corrected chi connectivity index (χ1v) is 4.93. The minimum atomic E-state index is 0.817. The Hall–Kier alpha value is -0.0400. The van der Waals surface area contributed by atoms with Crippen molar-refractivity contribution in [2.45, 2.75) is 46.1 Å². The van der Waals surface area contributed by atoms with Crippen LogP contribution in [0.15, 0.2) is 0 Å². The highest BCUT2D eigenvalue weighted by Gasteiger charge is 2.20. The highest BCUT2D eigenvalue weighted by molar-refractivity contribution is 4.79. The summed E-state index contributed by atoms with van der Waals surface area (Å²) in [6.45, 7) is 8.24. The van der Waals surface area contributed by atoms with E-state index in [2.05, 4.69) is 26.1 Å². The Balaban J connectivity index is 2.22. The number of hydrogen-bond acceptors (Lipinski definition) is 1. The molecule has 0 spiro atoms. The SMILES string of the molecule is CC(C)C[C@H](C)[C@@H]1CCCN1. The fourth-order valence-corrected chi connectivity index (χ4v) is 2.11. The first kappa shape index (κ1) is 9.05. The average molecular weight is 155 g/mol. The van der Waals surface area contributed by atoms with Crippen LogP contribution >= 0.6 is 0 Å². The molecule has 1 heteroatoms. The Labute approximate surface area is 70.6 Å². The molecule has 0 amide bonds. The zero-order valence-corrected chi connectivity index (χ0v) is 8.06. The van der Waals surface area contributed by atoms with Crippen molar-refractivity contribution < 1.29 is 0 Å². The molecule has 2 atom stereocenters. The second-order valence-electron chi connectivity index (χ2n) is 4.31. The van der Waals surface area contributed by atoms with E-state index < -0.39 is 0 Å². The Morgan fingerprint density at radius 3 is 2.55 bits per heavy atom. The molecule has 1 rings (SSSR count). The van der Waals surface area contributed by atoms with Crippen molar-refractivity contribution in [3.8, 4) is 0 Å². The van der Waals surface area contributed by atoms with Crippen LogP contribution in [-0.4, -0.2) is 12.6 Å². The Kier molecular flexibility index (Phi) is 3.38. The lowest BCUT2D eigenvalue weighted by atomic mass is 9.91. The topological polar surface area (TPSA) is 12.0 Å². The van der Waals surface area contributed by atoms with E-state index >= 15 is 0 Å². The number of rotatable bonds is 3. The van der Waals surface area contributed by atoms with Gasteiger partial charge in [0.15, 0.2) is 0 Å². The summed E-state index contributed by atoms with van der Waals surface area (Å²) in [6, 6.07) is 0.817. The van der Waals surface area contributed by atoms with Crippen molar-refractivity contribution in [1.29, 1.82) is 0 Å². The van der Waals surface area contributed by atoms with Crippen LogP contribution in [0.25, 0.3) is 0 Å². The Morgan fingerprint density at radius 2 is 2.09 bits per heavy atom. The van der Waals surface area contributed by atoms with E-state index in [1.54, 1.807) is 0 Å². The van der Waals surface area contributed by atoms with Crippen LogP contribution in [0.3, 0.4) is 0 Å². The molecule has 0 radical (unpaired) electrons. The van der Waals surface area contributed by atoms with E-state index in [4.69, 9.17) is 0 Å². The van der Waals surface area contributed by atoms with Gasteiger partial charge in [-0.2, -0.15) is 0 Å². The van der Waals surface area contributed by atoms with Gasteiger partial charge in [0, 0.05) is 6.04 Å². The van der Waals surface area contributed by atoms with Crippen molar-refractivity contribution in [3.63, 3.8) is 0 Å². The summed E-state index contributed by atoms with van der Waals surface area (Å²) in [4.78, 5) is 0. The molecular weight excluding hydrogens is 134 g/mol. The summed E-state index contributed by atoms with van der Waals surface area (Å²) in [5, 5.41) is 3.56. The largest absolute Gasteiger partial charge is 0.314 e. The fraction of sp³-hybridized carbons (Fsp3) is 1.00. The molecule has 1 aliphatic heterocycles. The molecule has 0 aliphatic carbocycles. The first-order chi connectivity index (χ1) is 5.20. The predicted octanol–water partition coefficient (Wildman–Crippen LogP) is 2.42. The second-order valence-corrected chi connectivity index (χ2v) is 4.31. The van der Waals surface area contributed by atoms with Gasteiger partial charge < -0.3 is 5.32 Å². The van der Waals surface area contributed by atoms with Gasteiger partial charge in [0.2, 0.25) is 0 Å². The third kappa shape index (κ3) is 2.82.